The molecule has 1 aromatic heterocycles. The Morgan fingerprint density at radius 3 is 2.58 bits per heavy atom. The molecule has 3 nitrogen and oxygen atoms in total. The van der Waals surface area contributed by atoms with Crippen molar-refractivity contribution in [2.24, 2.45) is 0 Å². The third-order valence-electron chi connectivity index (χ3n) is 1.36. The Morgan fingerprint density at radius 2 is 1.92 bits per heavy atom. The zero-order valence-electron chi connectivity index (χ0n) is 6.28. The summed E-state index contributed by atoms with van der Waals surface area (Å²) in [6.45, 7) is 0. The van der Waals surface area contributed by atoms with Gasteiger partial charge in [0.2, 0.25) is 6.08 Å². The molecule has 0 saturated heterocycles. The molecule has 1 aromatic carbocycles. The van der Waals surface area contributed by atoms with Crippen LogP contribution < -0.4 is 0 Å². The first-order valence-corrected chi connectivity index (χ1v) is 3.34. The van der Waals surface area contributed by atoms with Gasteiger partial charge >= 0.3 is 0 Å². The Balaban J connectivity index is 0.000000213. The molecule has 0 saturated carbocycles. The molecule has 0 aliphatic heterocycles. The van der Waals surface area contributed by atoms with Crippen molar-refractivity contribution in [3.63, 3.8) is 0 Å². The van der Waals surface area contributed by atoms with Crippen LogP contribution in [0.15, 0.2) is 41.0 Å². The van der Waals surface area contributed by atoms with Crippen molar-refractivity contribution in [1.29, 1.82) is 5.41 Å². The summed E-state index contributed by atoms with van der Waals surface area (Å²) in [7, 11) is 0. The number of furan rings is 1. The summed E-state index contributed by atoms with van der Waals surface area (Å²) in [4.78, 5) is 8.35. The normalized spacial score (nSPS) is 8.33. The number of fused-ring (bicyclic) bond motifs is 1. The van der Waals surface area contributed by atoms with E-state index in [0.717, 1.165) is 17.0 Å². The lowest BCUT2D eigenvalue weighted by Gasteiger charge is -1.81. The number of para-hydroxylation sites is 1. The smallest absolute Gasteiger partial charge is 0.231 e. The predicted molar refractivity (Wildman–Crippen MR) is 44.6 cm³/mol. The number of rotatable bonds is 0. The maximum absolute atomic E-state index is 8.35. The van der Waals surface area contributed by atoms with Gasteiger partial charge in [0.05, 0.1) is 6.26 Å². The monoisotopic (exact) mass is 161 g/mol. The van der Waals surface area contributed by atoms with Crippen LogP contribution >= 0.6 is 0 Å². The van der Waals surface area contributed by atoms with Gasteiger partial charge in [-0.1, -0.05) is 18.2 Å². The second-order valence-electron chi connectivity index (χ2n) is 2.06. The second-order valence-corrected chi connectivity index (χ2v) is 2.06. The molecular weight excluding hydrogens is 154 g/mol. The van der Waals surface area contributed by atoms with E-state index in [9.17, 15) is 0 Å². The van der Waals surface area contributed by atoms with Crippen molar-refractivity contribution >= 4 is 17.0 Å². The Bertz CT molecular complexity index is 356. The largest absolute Gasteiger partial charge is 0.464 e. The number of isocyanates is 1. The first kappa shape index (κ1) is 8.24. The summed E-state index contributed by atoms with van der Waals surface area (Å²) in [5.41, 5.74) is 0.956. The molecule has 0 amide bonds. The van der Waals surface area contributed by atoms with Gasteiger partial charge in [0.1, 0.15) is 5.58 Å². The molecule has 0 bridgehead atoms. The van der Waals surface area contributed by atoms with Crippen LogP contribution in [0.5, 0.6) is 0 Å². The van der Waals surface area contributed by atoms with Crippen LogP contribution in [0.4, 0.5) is 0 Å². The fourth-order valence-corrected chi connectivity index (χ4v) is 0.906. The van der Waals surface area contributed by atoms with Crippen molar-refractivity contribution in [1.82, 2.24) is 0 Å². The summed E-state index contributed by atoms with van der Waals surface area (Å²) >= 11 is 0. The molecule has 3 heteroatoms. The Kier molecular flexibility index (Phi) is 2.82. The van der Waals surface area contributed by atoms with Crippen LogP contribution in [0.1, 0.15) is 0 Å². The number of hydrogen-bond acceptors (Lipinski definition) is 3. The van der Waals surface area contributed by atoms with Crippen LogP contribution in [0, 0.1) is 5.41 Å². The highest BCUT2D eigenvalue weighted by molar-refractivity contribution is 5.76. The predicted octanol–water partition coefficient (Wildman–Crippen LogP) is 2.33. The van der Waals surface area contributed by atoms with E-state index in [1.807, 2.05) is 30.3 Å². The van der Waals surface area contributed by atoms with E-state index in [4.69, 9.17) is 14.6 Å². The lowest BCUT2D eigenvalue weighted by molar-refractivity contribution is 0.563. The first-order valence-electron chi connectivity index (χ1n) is 3.34. The van der Waals surface area contributed by atoms with Crippen molar-refractivity contribution in [2.75, 3.05) is 0 Å². The van der Waals surface area contributed by atoms with Crippen molar-refractivity contribution < 1.29 is 9.21 Å². The topological polar surface area (TPSA) is 54.1 Å². The maximum atomic E-state index is 8.35. The summed E-state index contributed by atoms with van der Waals surface area (Å²) in [5.74, 6) is 0. The standard InChI is InChI=1S/C8H6O.CHNO/c1-2-4-8-7(3-1)5-6-9-8;2-1-3/h1-6H;2H. The van der Waals surface area contributed by atoms with Gasteiger partial charge in [0.25, 0.3) is 0 Å². The van der Waals surface area contributed by atoms with Gasteiger partial charge in [-0.15, -0.1) is 0 Å². The number of nitrogens with one attached hydrogen (secondary N) is 1. The zero-order chi connectivity index (χ0) is 8.81. The van der Waals surface area contributed by atoms with Gasteiger partial charge in [-0.3, -0.25) is 0 Å². The molecule has 2 rings (SSSR count). The van der Waals surface area contributed by atoms with Crippen LogP contribution in [0.3, 0.4) is 0 Å². The van der Waals surface area contributed by atoms with Crippen molar-refractivity contribution in [2.45, 2.75) is 0 Å². The van der Waals surface area contributed by atoms with E-state index >= 15 is 0 Å². The Labute approximate surface area is 69.1 Å². The summed E-state index contributed by atoms with van der Waals surface area (Å²) in [5, 5.41) is 6.57. The summed E-state index contributed by atoms with van der Waals surface area (Å²) in [6, 6.07) is 9.90. The third-order valence-corrected chi connectivity index (χ3v) is 1.36. The number of hydrogen-bond donors (Lipinski definition) is 1. The minimum absolute atomic E-state index is 0.750. The fraction of sp³-hybridized carbons (Fsp3) is 0. The molecule has 1 heterocycles. The first-order chi connectivity index (χ1) is 5.88. The van der Waals surface area contributed by atoms with Crippen LogP contribution in [-0.4, -0.2) is 6.08 Å². The van der Waals surface area contributed by atoms with E-state index in [1.165, 1.54) is 0 Å². The van der Waals surface area contributed by atoms with Gasteiger partial charge in [-0.25, -0.2) is 10.2 Å². The number of benzene rings is 1. The van der Waals surface area contributed by atoms with E-state index < -0.39 is 0 Å². The highest BCUT2D eigenvalue weighted by Gasteiger charge is 1.89. The van der Waals surface area contributed by atoms with Gasteiger partial charge < -0.3 is 4.42 Å². The minimum atomic E-state index is 0.750. The molecule has 0 aliphatic rings. The molecule has 0 fully saturated rings. The van der Waals surface area contributed by atoms with Crippen LogP contribution in [0.2, 0.25) is 0 Å². The zero-order valence-corrected chi connectivity index (χ0v) is 6.28. The summed E-state index contributed by atoms with van der Waals surface area (Å²) < 4.78 is 5.12. The average molecular weight is 161 g/mol. The van der Waals surface area contributed by atoms with Crippen molar-refractivity contribution in [3.05, 3.63) is 36.6 Å². The van der Waals surface area contributed by atoms with E-state index in [1.54, 1.807) is 6.26 Å². The van der Waals surface area contributed by atoms with Gasteiger partial charge in [0.15, 0.2) is 0 Å². The lowest BCUT2D eigenvalue weighted by atomic mass is 10.3. The third kappa shape index (κ3) is 1.81. The molecule has 0 spiro atoms. The molecule has 1 N–H and O–H groups in total. The quantitative estimate of drug-likeness (QED) is 0.476. The number of carbonyl (C=O) groups excluding carboxylic acids is 1. The highest BCUT2D eigenvalue weighted by Crippen LogP contribution is 2.12. The molecule has 0 aliphatic carbocycles. The van der Waals surface area contributed by atoms with E-state index in [0.29, 0.717) is 0 Å². The van der Waals surface area contributed by atoms with Crippen LogP contribution in [-0.2, 0) is 4.79 Å². The van der Waals surface area contributed by atoms with Crippen molar-refractivity contribution in [3.8, 4) is 0 Å². The van der Waals surface area contributed by atoms with Gasteiger partial charge in [-0.05, 0) is 12.1 Å². The highest BCUT2D eigenvalue weighted by atomic mass is 16.3. The van der Waals surface area contributed by atoms with Gasteiger partial charge in [0, 0.05) is 5.39 Å². The Hall–Kier alpha value is -1.86. The second kappa shape index (κ2) is 4.11. The molecule has 0 radical (unpaired) electrons. The van der Waals surface area contributed by atoms with Gasteiger partial charge in [-0.2, -0.15) is 0 Å². The molecule has 2 aromatic rings. The molecule has 60 valence electrons. The SMILES string of the molecule is N=C=O.c1ccc2occc2c1. The Morgan fingerprint density at radius 1 is 1.25 bits per heavy atom. The van der Waals surface area contributed by atoms with E-state index in [2.05, 4.69) is 0 Å². The molecule has 0 atom stereocenters. The van der Waals surface area contributed by atoms with Crippen LogP contribution in [0.25, 0.3) is 11.0 Å². The molecular formula is C9H7NO2. The molecule has 12 heavy (non-hydrogen) atoms. The fourth-order valence-electron chi connectivity index (χ4n) is 0.906. The van der Waals surface area contributed by atoms with E-state index in [-0.39, 0.29) is 0 Å². The minimum Gasteiger partial charge on any atom is -0.464 e. The lowest BCUT2D eigenvalue weighted by Crippen LogP contribution is -1.57. The maximum Gasteiger partial charge on any atom is 0.231 e. The summed E-state index contributed by atoms with van der Waals surface area (Å²) in [6.07, 6.45) is 2.45. The average Bonchev–Trinajstić information content (AvgIpc) is 2.52. The molecule has 0 unspecified atom stereocenters.